The summed E-state index contributed by atoms with van der Waals surface area (Å²) >= 11 is 0. The zero-order chi connectivity index (χ0) is 10.1. The average Bonchev–Trinajstić information content (AvgIpc) is 2.46. The van der Waals surface area contributed by atoms with Crippen LogP contribution < -0.4 is 0 Å². The number of rotatable bonds is 1. The SMILES string of the molecule is Cc1ccccc1[C@@H]1CN(C)C[C@H]1C. The molecule has 0 N–H and O–H groups in total. The van der Waals surface area contributed by atoms with Gasteiger partial charge in [-0.25, -0.2) is 0 Å². The van der Waals surface area contributed by atoms with Crippen molar-refractivity contribution in [2.75, 3.05) is 20.1 Å². The van der Waals surface area contributed by atoms with Crippen LogP contribution in [0, 0.1) is 12.8 Å². The molecule has 1 heterocycles. The molecule has 2 rings (SSSR count). The van der Waals surface area contributed by atoms with Gasteiger partial charge in [0.05, 0.1) is 0 Å². The fourth-order valence-electron chi connectivity index (χ4n) is 2.62. The fourth-order valence-corrected chi connectivity index (χ4v) is 2.62. The van der Waals surface area contributed by atoms with Gasteiger partial charge in [-0.2, -0.15) is 0 Å². The highest BCUT2D eigenvalue weighted by Crippen LogP contribution is 2.32. The Morgan fingerprint density at radius 3 is 2.50 bits per heavy atom. The number of likely N-dealkylation sites (N-methyl/N-ethyl adjacent to an activating group) is 1. The molecule has 0 spiro atoms. The highest BCUT2D eigenvalue weighted by molar-refractivity contribution is 5.30. The third kappa shape index (κ3) is 1.69. The molecule has 2 atom stereocenters. The molecule has 0 unspecified atom stereocenters. The van der Waals surface area contributed by atoms with Gasteiger partial charge in [-0.3, -0.25) is 0 Å². The van der Waals surface area contributed by atoms with Gasteiger partial charge in [-0.15, -0.1) is 0 Å². The Kier molecular flexibility index (Phi) is 2.60. The first-order valence-corrected chi connectivity index (χ1v) is 5.42. The van der Waals surface area contributed by atoms with Gasteiger partial charge in [-0.1, -0.05) is 31.2 Å². The van der Waals surface area contributed by atoms with Crippen LogP contribution in [0.4, 0.5) is 0 Å². The molecule has 0 aliphatic carbocycles. The minimum atomic E-state index is 0.737. The number of hydrogen-bond donors (Lipinski definition) is 0. The van der Waals surface area contributed by atoms with E-state index in [0.29, 0.717) is 0 Å². The van der Waals surface area contributed by atoms with E-state index in [4.69, 9.17) is 0 Å². The molecule has 0 bridgehead atoms. The van der Waals surface area contributed by atoms with Gasteiger partial charge in [0.15, 0.2) is 0 Å². The predicted molar refractivity (Wildman–Crippen MR) is 60.6 cm³/mol. The number of aryl methyl sites for hydroxylation is 1. The van der Waals surface area contributed by atoms with Gasteiger partial charge >= 0.3 is 0 Å². The topological polar surface area (TPSA) is 3.24 Å². The first-order chi connectivity index (χ1) is 6.68. The van der Waals surface area contributed by atoms with E-state index in [-0.39, 0.29) is 0 Å². The zero-order valence-electron chi connectivity index (χ0n) is 9.33. The molecule has 14 heavy (non-hydrogen) atoms. The maximum absolute atomic E-state index is 2.43. The van der Waals surface area contributed by atoms with Crippen LogP contribution in [0.15, 0.2) is 24.3 Å². The highest BCUT2D eigenvalue weighted by Gasteiger charge is 2.28. The normalized spacial score (nSPS) is 28.2. The second kappa shape index (κ2) is 3.74. The lowest BCUT2D eigenvalue weighted by molar-refractivity contribution is 0.401. The number of nitrogens with zero attached hydrogens (tertiary/aromatic N) is 1. The van der Waals surface area contributed by atoms with Crippen LogP contribution in [0.2, 0.25) is 0 Å². The van der Waals surface area contributed by atoms with E-state index in [0.717, 1.165) is 11.8 Å². The van der Waals surface area contributed by atoms with Crippen LogP contribution in [-0.4, -0.2) is 25.0 Å². The summed E-state index contributed by atoms with van der Waals surface area (Å²) < 4.78 is 0. The van der Waals surface area contributed by atoms with Gasteiger partial charge in [-0.05, 0) is 31.0 Å². The number of benzene rings is 1. The molecule has 0 amide bonds. The molecule has 1 aromatic carbocycles. The first kappa shape index (κ1) is 9.72. The summed E-state index contributed by atoms with van der Waals surface area (Å²) in [5, 5.41) is 0. The minimum Gasteiger partial charge on any atom is -0.305 e. The van der Waals surface area contributed by atoms with Crippen LogP contribution in [0.25, 0.3) is 0 Å². The maximum Gasteiger partial charge on any atom is 0.00505 e. The molecule has 1 aromatic rings. The van der Waals surface area contributed by atoms with E-state index < -0.39 is 0 Å². The lowest BCUT2D eigenvalue weighted by atomic mass is 9.88. The smallest absolute Gasteiger partial charge is 0.00505 e. The van der Waals surface area contributed by atoms with Crippen LogP contribution in [-0.2, 0) is 0 Å². The van der Waals surface area contributed by atoms with Crippen LogP contribution in [0.5, 0.6) is 0 Å². The third-order valence-corrected chi connectivity index (χ3v) is 3.38. The quantitative estimate of drug-likeness (QED) is 0.656. The molecule has 76 valence electrons. The predicted octanol–water partition coefficient (Wildman–Crippen LogP) is 2.66. The molecular formula is C13H19N. The van der Waals surface area contributed by atoms with Gasteiger partial charge in [0.1, 0.15) is 0 Å². The molecule has 0 radical (unpaired) electrons. The Morgan fingerprint density at radius 2 is 1.93 bits per heavy atom. The first-order valence-electron chi connectivity index (χ1n) is 5.42. The lowest BCUT2D eigenvalue weighted by Crippen LogP contribution is -2.13. The van der Waals surface area contributed by atoms with Crippen molar-refractivity contribution in [3.63, 3.8) is 0 Å². The Bertz CT molecular complexity index is 319. The summed E-state index contributed by atoms with van der Waals surface area (Å²) in [7, 11) is 2.22. The van der Waals surface area contributed by atoms with E-state index in [9.17, 15) is 0 Å². The van der Waals surface area contributed by atoms with Gasteiger partial charge < -0.3 is 4.90 Å². The van der Waals surface area contributed by atoms with E-state index in [1.807, 2.05) is 0 Å². The summed E-state index contributed by atoms with van der Waals surface area (Å²) in [6.45, 7) is 7.03. The molecule has 1 nitrogen and oxygen atoms in total. The third-order valence-electron chi connectivity index (χ3n) is 3.38. The molecule has 1 aliphatic heterocycles. The van der Waals surface area contributed by atoms with Gasteiger partial charge in [0, 0.05) is 19.0 Å². The highest BCUT2D eigenvalue weighted by atomic mass is 15.1. The largest absolute Gasteiger partial charge is 0.305 e. The van der Waals surface area contributed by atoms with Gasteiger partial charge in [0.25, 0.3) is 0 Å². The second-order valence-electron chi connectivity index (χ2n) is 4.66. The summed E-state index contributed by atoms with van der Waals surface area (Å²) in [6, 6.07) is 8.80. The summed E-state index contributed by atoms with van der Waals surface area (Å²) in [6.07, 6.45) is 0. The Balaban J connectivity index is 2.27. The van der Waals surface area contributed by atoms with Crippen LogP contribution in [0.1, 0.15) is 24.0 Å². The fraction of sp³-hybridized carbons (Fsp3) is 0.538. The van der Waals surface area contributed by atoms with Crippen molar-refractivity contribution in [1.82, 2.24) is 4.90 Å². The van der Waals surface area contributed by atoms with Crippen molar-refractivity contribution in [3.05, 3.63) is 35.4 Å². The number of hydrogen-bond acceptors (Lipinski definition) is 1. The average molecular weight is 189 g/mol. The van der Waals surface area contributed by atoms with Crippen LogP contribution >= 0.6 is 0 Å². The molecule has 1 fully saturated rings. The molecular weight excluding hydrogens is 170 g/mol. The molecule has 0 aromatic heterocycles. The van der Waals surface area contributed by atoms with E-state index in [2.05, 4.69) is 50.1 Å². The van der Waals surface area contributed by atoms with E-state index in [1.54, 1.807) is 5.56 Å². The van der Waals surface area contributed by atoms with Crippen molar-refractivity contribution in [3.8, 4) is 0 Å². The molecule has 1 aliphatic rings. The van der Waals surface area contributed by atoms with E-state index >= 15 is 0 Å². The minimum absolute atomic E-state index is 0.737. The standard InChI is InChI=1S/C13H19N/c1-10-6-4-5-7-12(10)13-9-14(3)8-11(13)2/h4-7,11,13H,8-9H2,1-3H3/t11-,13-/m1/s1. The summed E-state index contributed by atoms with van der Waals surface area (Å²) in [4.78, 5) is 2.43. The van der Waals surface area contributed by atoms with Gasteiger partial charge in [0.2, 0.25) is 0 Å². The van der Waals surface area contributed by atoms with E-state index in [1.165, 1.54) is 18.7 Å². The van der Waals surface area contributed by atoms with Crippen molar-refractivity contribution in [1.29, 1.82) is 0 Å². The molecule has 1 saturated heterocycles. The zero-order valence-corrected chi connectivity index (χ0v) is 9.33. The lowest BCUT2D eigenvalue weighted by Gasteiger charge is -2.16. The van der Waals surface area contributed by atoms with Crippen molar-refractivity contribution >= 4 is 0 Å². The van der Waals surface area contributed by atoms with Crippen LogP contribution in [0.3, 0.4) is 0 Å². The van der Waals surface area contributed by atoms with Crippen molar-refractivity contribution in [2.24, 2.45) is 5.92 Å². The Morgan fingerprint density at radius 1 is 1.21 bits per heavy atom. The Labute approximate surface area is 86.7 Å². The monoisotopic (exact) mass is 189 g/mol. The summed E-state index contributed by atoms with van der Waals surface area (Å²) in [5.41, 5.74) is 2.99. The molecule has 1 heteroatoms. The Hall–Kier alpha value is -0.820. The molecule has 0 saturated carbocycles. The van der Waals surface area contributed by atoms with Crippen molar-refractivity contribution in [2.45, 2.75) is 19.8 Å². The summed E-state index contributed by atoms with van der Waals surface area (Å²) in [5.74, 6) is 1.53. The number of likely N-dealkylation sites (tertiary alicyclic amines) is 1. The maximum atomic E-state index is 2.43. The van der Waals surface area contributed by atoms with Crippen molar-refractivity contribution < 1.29 is 0 Å². The second-order valence-corrected chi connectivity index (χ2v) is 4.66.